The van der Waals surface area contributed by atoms with Gasteiger partial charge in [0.1, 0.15) is 12.2 Å². The molecule has 1 amide bonds. The van der Waals surface area contributed by atoms with Gasteiger partial charge in [0.05, 0.1) is 5.56 Å². The second-order valence-electron chi connectivity index (χ2n) is 10.9. The molecule has 1 spiro atoms. The Morgan fingerprint density at radius 2 is 1.43 bits per heavy atom. The summed E-state index contributed by atoms with van der Waals surface area (Å²) in [5.74, 6) is -3.89. The van der Waals surface area contributed by atoms with Gasteiger partial charge >= 0.3 is 12.4 Å². The van der Waals surface area contributed by atoms with Crippen molar-refractivity contribution in [2.75, 3.05) is 0 Å². The lowest BCUT2D eigenvalue weighted by atomic mass is 9.69. The van der Waals surface area contributed by atoms with E-state index in [0.29, 0.717) is 12.8 Å². The zero-order valence-corrected chi connectivity index (χ0v) is 21.7. The first-order valence-corrected chi connectivity index (χ1v) is 13.5. The van der Waals surface area contributed by atoms with E-state index in [4.69, 9.17) is 0 Å². The summed E-state index contributed by atoms with van der Waals surface area (Å²) in [6, 6.07) is 0.995. The number of nitrogens with zero attached hydrogens (tertiary/aromatic N) is 1. The maximum absolute atomic E-state index is 14.1. The molecule has 1 heterocycles. The van der Waals surface area contributed by atoms with Gasteiger partial charge in [0.25, 0.3) is 5.91 Å². The van der Waals surface area contributed by atoms with E-state index in [1.807, 2.05) is 0 Å². The Labute approximate surface area is 226 Å². The highest BCUT2D eigenvalue weighted by Gasteiger charge is 2.60. The third-order valence-electron chi connectivity index (χ3n) is 8.12. The highest BCUT2D eigenvalue weighted by atomic mass is 19.4. The van der Waals surface area contributed by atoms with E-state index in [0.717, 1.165) is 43.5 Å². The van der Waals surface area contributed by atoms with Crippen molar-refractivity contribution in [3.8, 4) is 0 Å². The van der Waals surface area contributed by atoms with Gasteiger partial charge in [0, 0.05) is 29.9 Å². The number of halogens is 8. The molecule has 224 valence electrons. The molecular formula is C26H33F8N5O. The molecule has 6 nitrogen and oxygen atoms in total. The standard InChI is InChI=1S/C26H33F8N5O/c27-24(28)14-10-18(11-15-24)35-22(36-19(40)16-6-8-17(9-7-16)25(29,30)31)37-21-23(12-4-2-1-3-5-13-23)20(38-39-21)26(32,33)34/h6-9,18,20-21,38-39H,1-5,10-15H2,(H2,35,36,37,40). The van der Waals surface area contributed by atoms with Crippen molar-refractivity contribution in [3.63, 3.8) is 0 Å². The van der Waals surface area contributed by atoms with E-state index in [9.17, 15) is 39.9 Å². The average Bonchev–Trinajstić information content (AvgIpc) is 3.21. The molecule has 0 bridgehead atoms. The van der Waals surface area contributed by atoms with Crippen molar-refractivity contribution in [1.82, 2.24) is 21.5 Å². The quantitative estimate of drug-likeness (QED) is 0.199. The predicted octanol–water partition coefficient (Wildman–Crippen LogP) is 6.05. The molecule has 1 aliphatic heterocycles. The van der Waals surface area contributed by atoms with Crippen molar-refractivity contribution in [3.05, 3.63) is 35.4 Å². The lowest BCUT2D eigenvalue weighted by Gasteiger charge is -2.39. The predicted molar refractivity (Wildman–Crippen MR) is 131 cm³/mol. The van der Waals surface area contributed by atoms with Gasteiger partial charge in [-0.15, -0.1) is 0 Å². The second-order valence-corrected chi connectivity index (χ2v) is 10.9. The Hall–Kier alpha value is -2.48. The Morgan fingerprint density at radius 3 is 1.98 bits per heavy atom. The first-order valence-electron chi connectivity index (χ1n) is 13.5. The van der Waals surface area contributed by atoms with Crippen LogP contribution in [0, 0.1) is 5.41 Å². The molecule has 0 radical (unpaired) electrons. The van der Waals surface area contributed by atoms with Crippen LogP contribution < -0.4 is 21.5 Å². The summed E-state index contributed by atoms with van der Waals surface area (Å²) >= 11 is 0. The van der Waals surface area contributed by atoms with Gasteiger partial charge in [-0.05, 0) is 49.9 Å². The molecule has 4 N–H and O–H groups in total. The number of hydrogen-bond acceptors (Lipinski definition) is 4. The fourth-order valence-electron chi connectivity index (χ4n) is 5.90. The molecule has 0 aromatic heterocycles. The Kier molecular flexibility index (Phi) is 8.98. The fourth-order valence-corrected chi connectivity index (χ4v) is 5.90. The molecule has 3 aliphatic rings. The minimum atomic E-state index is -4.60. The van der Waals surface area contributed by atoms with E-state index in [-0.39, 0.29) is 37.2 Å². The monoisotopic (exact) mass is 583 g/mol. The summed E-state index contributed by atoms with van der Waals surface area (Å²) < 4.78 is 109. The fraction of sp³-hybridized carbons (Fsp3) is 0.692. The van der Waals surface area contributed by atoms with Crippen LogP contribution in [-0.2, 0) is 6.18 Å². The van der Waals surface area contributed by atoms with Crippen molar-refractivity contribution >= 4 is 11.9 Å². The number of rotatable bonds is 3. The van der Waals surface area contributed by atoms with Gasteiger partial charge in [0.15, 0.2) is 5.96 Å². The SMILES string of the molecule is O=C(NC(=NC1NNC(C(F)(F)F)C12CCCCCCC2)NC1CCC(F)(F)CC1)c1ccc(C(F)(F)F)cc1. The van der Waals surface area contributed by atoms with Gasteiger partial charge in [-0.2, -0.15) is 26.3 Å². The summed E-state index contributed by atoms with van der Waals surface area (Å²) in [5.41, 5.74) is 2.55. The van der Waals surface area contributed by atoms with Crippen LogP contribution in [0.25, 0.3) is 0 Å². The number of nitrogens with one attached hydrogen (secondary N) is 4. The summed E-state index contributed by atoms with van der Waals surface area (Å²) in [6.45, 7) is 0. The van der Waals surface area contributed by atoms with Gasteiger partial charge in [0.2, 0.25) is 5.92 Å². The molecule has 40 heavy (non-hydrogen) atoms. The lowest BCUT2D eigenvalue weighted by molar-refractivity contribution is -0.179. The van der Waals surface area contributed by atoms with Gasteiger partial charge in [-0.3, -0.25) is 10.1 Å². The normalized spacial score (nSPS) is 26.2. The Bertz CT molecular complexity index is 1040. The molecule has 1 saturated heterocycles. The smallest absolute Gasteiger partial charge is 0.353 e. The number of benzene rings is 1. The van der Waals surface area contributed by atoms with Crippen LogP contribution in [0.4, 0.5) is 35.1 Å². The number of guanidine groups is 1. The van der Waals surface area contributed by atoms with Crippen LogP contribution >= 0.6 is 0 Å². The molecule has 2 atom stereocenters. The number of hydrogen-bond donors (Lipinski definition) is 4. The van der Waals surface area contributed by atoms with Crippen LogP contribution in [0.15, 0.2) is 29.3 Å². The van der Waals surface area contributed by atoms with Gasteiger partial charge in [-0.1, -0.05) is 32.1 Å². The van der Waals surface area contributed by atoms with E-state index in [1.165, 1.54) is 0 Å². The molecule has 1 aromatic carbocycles. The highest BCUT2D eigenvalue weighted by Crippen LogP contribution is 2.48. The Morgan fingerprint density at radius 1 is 0.850 bits per heavy atom. The van der Waals surface area contributed by atoms with Crippen LogP contribution in [0.5, 0.6) is 0 Å². The largest absolute Gasteiger partial charge is 0.416 e. The molecule has 2 unspecified atom stereocenters. The van der Waals surface area contributed by atoms with Crippen LogP contribution in [0.3, 0.4) is 0 Å². The second kappa shape index (κ2) is 11.8. The van der Waals surface area contributed by atoms with Gasteiger partial charge in [-0.25, -0.2) is 24.6 Å². The minimum absolute atomic E-state index is 0.0365. The van der Waals surface area contributed by atoms with Crippen LogP contribution in [0.2, 0.25) is 0 Å². The van der Waals surface area contributed by atoms with Crippen LogP contribution in [0.1, 0.15) is 86.6 Å². The third kappa shape index (κ3) is 7.23. The Balaban J connectivity index is 1.63. The van der Waals surface area contributed by atoms with Crippen molar-refractivity contribution in [2.24, 2.45) is 10.4 Å². The summed E-state index contributed by atoms with van der Waals surface area (Å²) in [4.78, 5) is 17.5. The molecule has 3 fully saturated rings. The van der Waals surface area contributed by atoms with E-state index in [1.54, 1.807) is 0 Å². The molecule has 14 heteroatoms. The first kappa shape index (κ1) is 30.5. The molecule has 4 rings (SSSR count). The number of amides is 1. The number of aliphatic imine (C=N–C) groups is 1. The highest BCUT2D eigenvalue weighted by molar-refractivity contribution is 6.05. The topological polar surface area (TPSA) is 77.5 Å². The third-order valence-corrected chi connectivity index (χ3v) is 8.12. The zero-order valence-electron chi connectivity index (χ0n) is 21.7. The minimum Gasteiger partial charge on any atom is -0.353 e. The number of carbonyl (C=O) groups is 1. The van der Waals surface area contributed by atoms with E-state index in [2.05, 4.69) is 26.5 Å². The van der Waals surface area contributed by atoms with Crippen molar-refractivity contribution in [2.45, 2.75) is 107 Å². The number of alkyl halides is 8. The number of hydrazine groups is 1. The summed E-state index contributed by atoms with van der Waals surface area (Å²) in [7, 11) is 0. The summed E-state index contributed by atoms with van der Waals surface area (Å²) in [5, 5.41) is 5.39. The van der Waals surface area contributed by atoms with E-state index >= 15 is 0 Å². The van der Waals surface area contributed by atoms with E-state index < -0.39 is 66.3 Å². The molecule has 1 aromatic rings. The molecule has 2 saturated carbocycles. The van der Waals surface area contributed by atoms with Crippen LogP contribution in [-0.4, -0.2) is 42.2 Å². The average molecular weight is 584 g/mol. The van der Waals surface area contributed by atoms with Crippen molar-refractivity contribution in [1.29, 1.82) is 0 Å². The first-order chi connectivity index (χ1) is 18.7. The molecular weight excluding hydrogens is 550 g/mol. The molecule has 2 aliphatic carbocycles. The van der Waals surface area contributed by atoms with Crippen molar-refractivity contribution < 1.29 is 39.9 Å². The maximum atomic E-state index is 14.1. The van der Waals surface area contributed by atoms with Gasteiger partial charge < -0.3 is 5.32 Å². The maximum Gasteiger partial charge on any atom is 0.416 e. The summed E-state index contributed by atoms with van der Waals surface area (Å²) in [6.07, 6.45) is -7.02. The lowest BCUT2D eigenvalue weighted by Crippen LogP contribution is -2.52. The number of carbonyl (C=O) groups excluding carboxylic acids is 1. The zero-order chi connectivity index (χ0) is 29.2.